The van der Waals surface area contributed by atoms with Crippen molar-refractivity contribution in [3.8, 4) is 0 Å². The maximum atomic E-state index is 12.3. The molecule has 31 heavy (non-hydrogen) atoms. The lowest BCUT2D eigenvalue weighted by Crippen LogP contribution is -2.48. The molecule has 0 aromatic carbocycles. The average molecular weight is 446 g/mol. The van der Waals surface area contributed by atoms with Crippen LogP contribution in [0.15, 0.2) is 0 Å². The Balaban J connectivity index is 1.04. The van der Waals surface area contributed by atoms with Crippen molar-refractivity contribution >= 4 is 28.4 Å². The van der Waals surface area contributed by atoms with Crippen LogP contribution in [0.1, 0.15) is 88.5 Å². The molecule has 5 saturated carbocycles. The SMILES string of the molecule is O=C(CCCNC(=O)NC1CCCCC1)Nc1nnc(C23CC4CC(CC(C4)C2)C3)s1. The number of carbonyl (C=O) groups excluding carboxylic acids is 2. The molecule has 5 aliphatic carbocycles. The second kappa shape index (κ2) is 9.04. The number of hydrogen-bond acceptors (Lipinski definition) is 5. The van der Waals surface area contributed by atoms with Gasteiger partial charge >= 0.3 is 6.03 Å². The van der Waals surface area contributed by atoms with Gasteiger partial charge in [-0.1, -0.05) is 30.6 Å². The Morgan fingerprint density at radius 2 is 1.65 bits per heavy atom. The van der Waals surface area contributed by atoms with Gasteiger partial charge in [-0.05, 0) is 75.5 Å². The minimum Gasteiger partial charge on any atom is -0.338 e. The molecule has 1 aromatic rings. The van der Waals surface area contributed by atoms with Crippen LogP contribution in [0.4, 0.5) is 9.93 Å². The van der Waals surface area contributed by atoms with Crippen molar-refractivity contribution < 1.29 is 9.59 Å². The molecule has 1 heterocycles. The van der Waals surface area contributed by atoms with Crippen molar-refractivity contribution in [3.63, 3.8) is 0 Å². The number of urea groups is 1. The standard InChI is InChI=1S/C23H35N5O2S/c29-19(7-4-8-24-21(30)25-18-5-2-1-3-6-18)26-22-28-27-20(31-22)23-12-15-9-16(13-23)11-17(10-15)14-23/h15-18H,1-14H2,(H2,24,25,30)(H,26,28,29). The summed E-state index contributed by atoms with van der Waals surface area (Å²) in [7, 11) is 0. The van der Waals surface area contributed by atoms with Crippen molar-refractivity contribution in [2.24, 2.45) is 17.8 Å². The van der Waals surface area contributed by atoms with E-state index >= 15 is 0 Å². The van der Waals surface area contributed by atoms with Crippen LogP contribution in [-0.2, 0) is 10.2 Å². The smallest absolute Gasteiger partial charge is 0.315 e. The summed E-state index contributed by atoms with van der Waals surface area (Å²) in [6, 6.07) is 0.189. The Morgan fingerprint density at radius 3 is 2.32 bits per heavy atom. The van der Waals surface area contributed by atoms with E-state index in [0.29, 0.717) is 30.6 Å². The van der Waals surface area contributed by atoms with Crippen LogP contribution in [0.25, 0.3) is 0 Å². The van der Waals surface area contributed by atoms with Crippen molar-refractivity contribution in [3.05, 3.63) is 5.01 Å². The fraction of sp³-hybridized carbons (Fsp3) is 0.826. The summed E-state index contributed by atoms with van der Waals surface area (Å²) < 4.78 is 0. The zero-order chi connectivity index (χ0) is 21.3. The maximum absolute atomic E-state index is 12.3. The summed E-state index contributed by atoms with van der Waals surface area (Å²) in [6.07, 6.45) is 14.8. The van der Waals surface area contributed by atoms with E-state index in [0.717, 1.165) is 35.6 Å². The summed E-state index contributed by atoms with van der Waals surface area (Å²) in [5.41, 5.74) is 0.227. The minimum atomic E-state index is -0.114. The summed E-state index contributed by atoms with van der Waals surface area (Å²) in [6.45, 7) is 0.501. The number of hydrogen-bond donors (Lipinski definition) is 3. The van der Waals surface area contributed by atoms with E-state index < -0.39 is 0 Å². The monoisotopic (exact) mass is 445 g/mol. The summed E-state index contributed by atoms with van der Waals surface area (Å²) in [5.74, 6) is 2.56. The van der Waals surface area contributed by atoms with Crippen molar-refractivity contribution in [1.82, 2.24) is 20.8 Å². The van der Waals surface area contributed by atoms with Gasteiger partial charge in [-0.15, -0.1) is 10.2 Å². The van der Waals surface area contributed by atoms with Crippen LogP contribution >= 0.6 is 11.3 Å². The van der Waals surface area contributed by atoms with Gasteiger partial charge in [0, 0.05) is 24.4 Å². The Morgan fingerprint density at radius 1 is 0.968 bits per heavy atom. The highest BCUT2D eigenvalue weighted by molar-refractivity contribution is 7.15. The molecule has 3 amide bonds. The van der Waals surface area contributed by atoms with Crippen LogP contribution < -0.4 is 16.0 Å². The first-order valence-corrected chi connectivity index (χ1v) is 13.1. The molecule has 0 radical (unpaired) electrons. The minimum absolute atomic E-state index is 0.0531. The molecule has 7 nitrogen and oxygen atoms in total. The number of carbonyl (C=O) groups is 2. The van der Waals surface area contributed by atoms with Gasteiger partial charge < -0.3 is 16.0 Å². The van der Waals surface area contributed by atoms with Crippen LogP contribution in [0.5, 0.6) is 0 Å². The van der Waals surface area contributed by atoms with E-state index in [9.17, 15) is 9.59 Å². The molecule has 170 valence electrons. The number of nitrogens with one attached hydrogen (secondary N) is 3. The van der Waals surface area contributed by atoms with Crippen molar-refractivity contribution in [1.29, 1.82) is 0 Å². The Bertz CT molecular complexity index is 768. The largest absolute Gasteiger partial charge is 0.338 e. The molecule has 4 bridgehead atoms. The zero-order valence-electron chi connectivity index (χ0n) is 18.3. The number of amides is 3. The van der Waals surface area contributed by atoms with Crippen LogP contribution in [0.2, 0.25) is 0 Å². The summed E-state index contributed by atoms with van der Waals surface area (Å²) in [5, 5.41) is 19.4. The first-order chi connectivity index (χ1) is 15.1. The van der Waals surface area contributed by atoms with Gasteiger partial charge in [0.05, 0.1) is 0 Å². The molecule has 1 aromatic heterocycles. The van der Waals surface area contributed by atoms with Gasteiger partial charge in [0.15, 0.2) is 0 Å². The van der Waals surface area contributed by atoms with E-state index in [1.807, 2.05) is 0 Å². The third-order valence-corrected chi connectivity index (χ3v) is 9.05. The molecule has 8 heteroatoms. The second-order valence-corrected chi connectivity index (χ2v) is 11.5. The summed E-state index contributed by atoms with van der Waals surface area (Å²) >= 11 is 1.58. The van der Waals surface area contributed by atoms with Crippen LogP contribution in [0, 0.1) is 17.8 Å². The molecular weight excluding hydrogens is 410 g/mol. The van der Waals surface area contributed by atoms with Crippen molar-refractivity contribution in [2.45, 2.75) is 94.9 Å². The molecule has 0 unspecified atom stereocenters. The van der Waals surface area contributed by atoms with Crippen LogP contribution in [0.3, 0.4) is 0 Å². The van der Waals surface area contributed by atoms with E-state index in [-0.39, 0.29) is 17.4 Å². The molecule has 5 aliphatic rings. The van der Waals surface area contributed by atoms with Crippen LogP contribution in [-0.4, -0.2) is 34.7 Å². The zero-order valence-corrected chi connectivity index (χ0v) is 19.1. The van der Waals surface area contributed by atoms with E-state index in [2.05, 4.69) is 26.1 Å². The second-order valence-electron chi connectivity index (χ2n) is 10.5. The van der Waals surface area contributed by atoms with Gasteiger partial charge in [-0.25, -0.2) is 4.79 Å². The van der Waals surface area contributed by atoms with Gasteiger partial charge in [0.2, 0.25) is 11.0 Å². The molecular formula is C23H35N5O2S. The number of rotatable bonds is 7. The number of anilines is 1. The van der Waals surface area contributed by atoms with Gasteiger partial charge in [-0.2, -0.15) is 0 Å². The highest BCUT2D eigenvalue weighted by atomic mass is 32.1. The molecule has 0 aliphatic heterocycles. The predicted octanol–water partition coefficient (Wildman–Crippen LogP) is 4.36. The molecule has 0 atom stereocenters. The third-order valence-electron chi connectivity index (χ3n) is 7.97. The molecule has 3 N–H and O–H groups in total. The maximum Gasteiger partial charge on any atom is 0.315 e. The predicted molar refractivity (Wildman–Crippen MR) is 121 cm³/mol. The number of nitrogens with zero attached hydrogens (tertiary/aromatic N) is 2. The third kappa shape index (κ3) is 4.89. The molecule has 5 fully saturated rings. The summed E-state index contributed by atoms with van der Waals surface area (Å²) in [4.78, 5) is 24.3. The highest BCUT2D eigenvalue weighted by Crippen LogP contribution is 2.61. The Kier molecular flexibility index (Phi) is 6.17. The lowest BCUT2D eigenvalue weighted by molar-refractivity contribution is -0.116. The molecule has 0 spiro atoms. The molecule has 6 rings (SSSR count). The molecule has 0 saturated heterocycles. The fourth-order valence-electron chi connectivity index (χ4n) is 6.98. The van der Waals surface area contributed by atoms with E-state index in [4.69, 9.17) is 0 Å². The van der Waals surface area contributed by atoms with Gasteiger partial charge in [-0.3, -0.25) is 4.79 Å². The fourth-order valence-corrected chi connectivity index (χ4v) is 7.95. The quantitative estimate of drug-likeness (QED) is 0.544. The normalized spacial score (nSPS) is 32.1. The van der Waals surface area contributed by atoms with Gasteiger partial charge in [0.25, 0.3) is 0 Å². The Labute approximate surface area is 188 Å². The Hall–Kier alpha value is -1.70. The first kappa shape index (κ1) is 21.2. The van der Waals surface area contributed by atoms with E-state index in [1.54, 1.807) is 11.3 Å². The topological polar surface area (TPSA) is 96.0 Å². The van der Waals surface area contributed by atoms with Crippen molar-refractivity contribution in [2.75, 3.05) is 11.9 Å². The lowest BCUT2D eigenvalue weighted by atomic mass is 9.50. The van der Waals surface area contributed by atoms with E-state index in [1.165, 1.54) is 57.8 Å². The first-order valence-electron chi connectivity index (χ1n) is 12.3. The average Bonchev–Trinajstić information content (AvgIpc) is 3.20. The number of aromatic nitrogens is 2. The van der Waals surface area contributed by atoms with Gasteiger partial charge in [0.1, 0.15) is 5.01 Å². The lowest BCUT2D eigenvalue weighted by Gasteiger charge is -2.55. The highest BCUT2D eigenvalue weighted by Gasteiger charge is 2.53.